The van der Waals surface area contributed by atoms with Crippen molar-refractivity contribution in [2.24, 2.45) is 5.73 Å². The van der Waals surface area contributed by atoms with Crippen LogP contribution < -0.4 is 10.5 Å². The Labute approximate surface area is 148 Å². The number of amides is 1. The summed E-state index contributed by atoms with van der Waals surface area (Å²) >= 11 is 0. The molecular weight excluding hydrogens is 366 g/mol. The number of nitrogens with two attached hydrogens (primary N) is 1. The monoisotopic (exact) mass is 383 g/mol. The second-order valence-electron chi connectivity index (χ2n) is 5.39. The van der Waals surface area contributed by atoms with Crippen LogP contribution in [0.4, 0.5) is 0 Å². The van der Waals surface area contributed by atoms with Gasteiger partial charge in [-0.25, -0.2) is 4.98 Å². The zero-order chi connectivity index (χ0) is 18.6. The molecule has 0 unspecified atom stereocenters. The number of aromatic nitrogens is 4. The molecule has 3 N–H and O–H groups in total. The van der Waals surface area contributed by atoms with Crippen LogP contribution in [0.5, 0.6) is 0 Å². The maximum Gasteiger partial charge on any atom is 0.280 e. The van der Waals surface area contributed by atoms with E-state index in [1.807, 2.05) is 0 Å². The van der Waals surface area contributed by atoms with Crippen molar-refractivity contribution in [1.29, 1.82) is 0 Å². The lowest BCUT2D eigenvalue weighted by molar-refractivity contribution is -0.118. The van der Waals surface area contributed by atoms with Crippen molar-refractivity contribution in [3.8, 4) is 11.6 Å². The van der Waals surface area contributed by atoms with Crippen molar-refractivity contribution in [3.05, 3.63) is 24.5 Å². The van der Waals surface area contributed by atoms with Gasteiger partial charge in [-0.15, -0.1) is 10.2 Å². The second kappa shape index (κ2) is 7.82. The molecule has 3 rings (SSSR count). The largest absolute Gasteiger partial charge is 0.417 e. The lowest BCUT2D eigenvalue weighted by Gasteiger charge is -2.27. The first-order valence-electron chi connectivity index (χ1n) is 7.69. The lowest BCUT2D eigenvalue weighted by Crippen LogP contribution is -2.48. The van der Waals surface area contributed by atoms with Gasteiger partial charge in [0.2, 0.25) is 11.8 Å². The van der Waals surface area contributed by atoms with Crippen LogP contribution in [0.2, 0.25) is 0 Å². The first kappa shape index (κ1) is 18.3. The number of primary amides is 1. The number of carbonyl (C=O) groups excluding carboxylic acids is 1. The van der Waals surface area contributed by atoms with Gasteiger partial charge < -0.3 is 14.9 Å². The van der Waals surface area contributed by atoms with Gasteiger partial charge in [-0.3, -0.25) is 9.78 Å². The second-order valence-corrected chi connectivity index (χ2v) is 7.10. The van der Waals surface area contributed by atoms with Gasteiger partial charge in [-0.05, 0) is 0 Å². The van der Waals surface area contributed by atoms with Crippen LogP contribution in [0.25, 0.3) is 11.6 Å². The highest BCUT2D eigenvalue weighted by Crippen LogP contribution is 2.21. The van der Waals surface area contributed by atoms with Crippen molar-refractivity contribution >= 4 is 16.1 Å². The fourth-order valence-electron chi connectivity index (χ4n) is 2.31. The normalized spacial score (nSPS) is 17.1. The van der Waals surface area contributed by atoms with Crippen LogP contribution in [0, 0.1) is 0 Å². The Morgan fingerprint density at radius 1 is 1.31 bits per heavy atom. The highest BCUT2D eigenvalue weighted by atomic mass is 32.2. The number of hydrogen-bond donors (Lipinski definition) is 2. The van der Waals surface area contributed by atoms with Crippen LogP contribution in [-0.2, 0) is 19.7 Å². The molecule has 0 saturated carbocycles. The van der Waals surface area contributed by atoms with Crippen LogP contribution in [0.1, 0.15) is 18.4 Å². The molecule has 0 radical (unpaired) electrons. The summed E-state index contributed by atoms with van der Waals surface area (Å²) in [6.07, 6.45) is 4.00. The summed E-state index contributed by atoms with van der Waals surface area (Å²) in [6, 6.07) is -1.10. The predicted molar refractivity (Wildman–Crippen MR) is 86.3 cm³/mol. The van der Waals surface area contributed by atoms with Crippen LogP contribution >= 0.6 is 0 Å². The first-order chi connectivity index (χ1) is 12.5. The molecule has 13 heteroatoms. The summed E-state index contributed by atoms with van der Waals surface area (Å²) in [4.78, 5) is 19.3. The number of nitrogens with one attached hydrogen (secondary N) is 1. The van der Waals surface area contributed by atoms with Crippen LogP contribution in [-0.4, -0.2) is 65.1 Å². The molecule has 0 bridgehead atoms. The zero-order valence-corrected chi connectivity index (χ0v) is 14.4. The van der Waals surface area contributed by atoms with Crippen molar-refractivity contribution in [1.82, 2.24) is 29.2 Å². The molecule has 3 heterocycles. The van der Waals surface area contributed by atoms with Gasteiger partial charge in [0, 0.05) is 25.5 Å². The number of ether oxygens (including phenoxy) is 1. The molecule has 0 aliphatic carbocycles. The molecule has 1 saturated heterocycles. The van der Waals surface area contributed by atoms with Gasteiger partial charge in [0.05, 0.1) is 25.8 Å². The average Bonchev–Trinajstić information content (AvgIpc) is 3.12. The van der Waals surface area contributed by atoms with Gasteiger partial charge in [-0.1, -0.05) is 0 Å². The van der Waals surface area contributed by atoms with Crippen LogP contribution in [0.15, 0.2) is 23.0 Å². The van der Waals surface area contributed by atoms with E-state index in [9.17, 15) is 13.2 Å². The van der Waals surface area contributed by atoms with E-state index in [-0.39, 0.29) is 31.3 Å². The first-order valence-corrected chi connectivity index (χ1v) is 9.13. The molecule has 1 atom stereocenters. The summed E-state index contributed by atoms with van der Waals surface area (Å²) in [5, 5.41) is 7.63. The number of nitrogens with zero attached hydrogens (tertiary/aromatic N) is 5. The fraction of sp³-hybridized carbons (Fsp3) is 0.462. The summed E-state index contributed by atoms with van der Waals surface area (Å²) in [7, 11) is -3.89. The molecule has 1 aliphatic heterocycles. The Morgan fingerprint density at radius 2 is 2.08 bits per heavy atom. The van der Waals surface area contributed by atoms with E-state index in [1.54, 1.807) is 0 Å². The maximum atomic E-state index is 12.5. The molecule has 1 aliphatic rings. The minimum atomic E-state index is -3.89. The van der Waals surface area contributed by atoms with Gasteiger partial charge >= 0.3 is 0 Å². The Balaban J connectivity index is 1.82. The average molecular weight is 383 g/mol. The topological polar surface area (TPSA) is 166 Å². The number of rotatable bonds is 7. The molecule has 26 heavy (non-hydrogen) atoms. The molecule has 12 nitrogen and oxygen atoms in total. The molecule has 0 aromatic carbocycles. The standard InChI is InChI=1S/C13H17N7O5S/c14-11(21)7-9(19-26(22,23)20-3-5-24-6-4-20)12-17-18-13(25-12)10-8-15-1-2-16-10/h1-2,8-9,19H,3-7H2,(H2,14,21)/t9-/m0/s1. The van der Waals surface area contributed by atoms with E-state index in [1.165, 1.54) is 22.9 Å². The van der Waals surface area contributed by atoms with Gasteiger partial charge in [0.25, 0.3) is 16.1 Å². The summed E-state index contributed by atoms with van der Waals surface area (Å²) in [5.41, 5.74) is 5.55. The smallest absolute Gasteiger partial charge is 0.280 e. The third kappa shape index (κ3) is 4.37. The molecule has 2 aromatic rings. The lowest BCUT2D eigenvalue weighted by atomic mass is 10.2. The third-order valence-corrected chi connectivity index (χ3v) is 5.15. The third-order valence-electron chi connectivity index (χ3n) is 3.53. The predicted octanol–water partition coefficient (Wildman–Crippen LogP) is -1.39. The Bertz CT molecular complexity index is 851. The number of carbonyl (C=O) groups is 1. The van der Waals surface area contributed by atoms with E-state index < -0.39 is 22.2 Å². The molecule has 2 aromatic heterocycles. The SMILES string of the molecule is NC(=O)C[C@H](NS(=O)(=O)N1CCOCC1)c1nnc(-c2cnccn2)o1. The van der Waals surface area contributed by atoms with Crippen LogP contribution in [0.3, 0.4) is 0 Å². The number of hydrogen-bond acceptors (Lipinski definition) is 9. The highest BCUT2D eigenvalue weighted by Gasteiger charge is 2.31. The van der Waals surface area contributed by atoms with E-state index >= 15 is 0 Å². The van der Waals surface area contributed by atoms with Crippen molar-refractivity contribution < 1.29 is 22.4 Å². The minimum Gasteiger partial charge on any atom is -0.417 e. The maximum absolute atomic E-state index is 12.5. The Kier molecular flexibility index (Phi) is 5.51. The zero-order valence-electron chi connectivity index (χ0n) is 13.6. The summed E-state index contributed by atoms with van der Waals surface area (Å²) in [6.45, 7) is 0.984. The minimum absolute atomic E-state index is 0.0492. The molecule has 140 valence electrons. The highest BCUT2D eigenvalue weighted by molar-refractivity contribution is 7.87. The quantitative estimate of drug-likeness (QED) is 0.585. The summed E-state index contributed by atoms with van der Waals surface area (Å²) in [5.74, 6) is -0.770. The van der Waals surface area contributed by atoms with E-state index in [4.69, 9.17) is 14.9 Å². The van der Waals surface area contributed by atoms with Gasteiger partial charge in [-0.2, -0.15) is 17.4 Å². The molecule has 0 spiro atoms. The molecular formula is C13H17N7O5S. The van der Waals surface area contributed by atoms with Crippen molar-refractivity contribution in [3.63, 3.8) is 0 Å². The van der Waals surface area contributed by atoms with Crippen molar-refractivity contribution in [2.45, 2.75) is 12.5 Å². The van der Waals surface area contributed by atoms with Gasteiger partial charge in [0.15, 0.2) is 0 Å². The van der Waals surface area contributed by atoms with E-state index in [2.05, 4.69) is 24.9 Å². The van der Waals surface area contributed by atoms with Crippen molar-refractivity contribution in [2.75, 3.05) is 26.3 Å². The summed E-state index contributed by atoms with van der Waals surface area (Å²) < 4.78 is 39.2. The fourth-order valence-corrected chi connectivity index (χ4v) is 3.63. The molecule has 1 fully saturated rings. The Morgan fingerprint density at radius 3 is 2.73 bits per heavy atom. The van der Waals surface area contributed by atoms with Gasteiger partial charge in [0.1, 0.15) is 11.7 Å². The van der Waals surface area contributed by atoms with E-state index in [0.29, 0.717) is 18.9 Å². The number of morpholine rings is 1. The molecule has 1 amide bonds. The van der Waals surface area contributed by atoms with E-state index in [0.717, 1.165) is 0 Å². The Hall–Kier alpha value is -2.48.